The van der Waals surface area contributed by atoms with Crippen molar-refractivity contribution in [1.82, 2.24) is 5.01 Å². The predicted octanol–water partition coefficient (Wildman–Crippen LogP) is 5.32. The van der Waals surface area contributed by atoms with E-state index in [4.69, 9.17) is 9.84 Å². The van der Waals surface area contributed by atoms with Crippen molar-refractivity contribution in [3.8, 4) is 5.75 Å². The van der Waals surface area contributed by atoms with Crippen molar-refractivity contribution in [3.63, 3.8) is 0 Å². The van der Waals surface area contributed by atoms with Gasteiger partial charge in [-0.1, -0.05) is 30.8 Å². The van der Waals surface area contributed by atoms with Crippen molar-refractivity contribution in [2.75, 3.05) is 11.8 Å². The van der Waals surface area contributed by atoms with Crippen LogP contribution in [-0.4, -0.2) is 26.2 Å². The van der Waals surface area contributed by atoms with E-state index in [0.717, 1.165) is 40.4 Å². The molecule has 33 heavy (non-hydrogen) atoms. The molecule has 0 bridgehead atoms. The van der Waals surface area contributed by atoms with E-state index < -0.39 is 15.8 Å². The molecule has 0 saturated carbocycles. The SMILES string of the molecule is C=C(C)N1N=C(c2ccc(NS(=O)(=O)c3ccc(F)cc3)cc2)CC1c1ccc(OC)cc1. The highest BCUT2D eigenvalue weighted by atomic mass is 32.2. The number of rotatable bonds is 7. The number of sulfonamides is 1. The highest BCUT2D eigenvalue weighted by Crippen LogP contribution is 2.35. The zero-order valence-corrected chi connectivity index (χ0v) is 19.1. The second-order valence-corrected chi connectivity index (χ2v) is 9.44. The summed E-state index contributed by atoms with van der Waals surface area (Å²) in [6.45, 7) is 5.97. The highest BCUT2D eigenvalue weighted by molar-refractivity contribution is 7.92. The third-order valence-electron chi connectivity index (χ3n) is 5.40. The lowest BCUT2D eigenvalue weighted by molar-refractivity contribution is 0.301. The Kier molecular flexibility index (Phi) is 6.20. The third-order valence-corrected chi connectivity index (χ3v) is 6.79. The Bertz CT molecular complexity index is 1290. The maximum atomic E-state index is 13.1. The van der Waals surface area contributed by atoms with E-state index in [1.165, 1.54) is 12.1 Å². The minimum Gasteiger partial charge on any atom is -0.497 e. The van der Waals surface area contributed by atoms with Gasteiger partial charge in [-0.15, -0.1) is 0 Å². The Morgan fingerprint density at radius 2 is 1.70 bits per heavy atom. The van der Waals surface area contributed by atoms with Crippen molar-refractivity contribution >= 4 is 21.4 Å². The first-order valence-electron chi connectivity index (χ1n) is 10.3. The zero-order chi connectivity index (χ0) is 23.6. The van der Waals surface area contributed by atoms with Crippen LogP contribution in [0.2, 0.25) is 0 Å². The largest absolute Gasteiger partial charge is 0.497 e. The van der Waals surface area contributed by atoms with Gasteiger partial charge in [-0.05, 0) is 66.6 Å². The normalized spacial score (nSPS) is 15.8. The van der Waals surface area contributed by atoms with Crippen LogP contribution in [0, 0.1) is 5.82 Å². The van der Waals surface area contributed by atoms with Gasteiger partial charge in [0.1, 0.15) is 11.6 Å². The lowest BCUT2D eigenvalue weighted by Crippen LogP contribution is -2.16. The van der Waals surface area contributed by atoms with Crippen molar-refractivity contribution in [2.45, 2.75) is 24.3 Å². The van der Waals surface area contributed by atoms with E-state index in [9.17, 15) is 12.8 Å². The fourth-order valence-corrected chi connectivity index (χ4v) is 4.74. The average molecular weight is 466 g/mol. The highest BCUT2D eigenvalue weighted by Gasteiger charge is 2.29. The Labute approximate surface area is 193 Å². The van der Waals surface area contributed by atoms with E-state index in [1.54, 1.807) is 19.2 Å². The standard InChI is InChI=1S/C25H24FN3O3S/c1-17(2)29-25(19-6-12-22(32-3)13-7-19)16-24(27-29)18-4-10-21(11-5-18)28-33(30,31)23-14-8-20(26)9-15-23/h4-15,25,28H,1,16H2,2-3H3. The molecule has 0 aromatic heterocycles. The summed E-state index contributed by atoms with van der Waals surface area (Å²) in [4.78, 5) is -0.00687. The molecule has 0 spiro atoms. The van der Waals surface area contributed by atoms with Crippen LogP contribution in [0.3, 0.4) is 0 Å². The quantitative estimate of drug-likeness (QED) is 0.513. The maximum absolute atomic E-state index is 13.1. The maximum Gasteiger partial charge on any atom is 0.261 e. The summed E-state index contributed by atoms with van der Waals surface area (Å²) in [5, 5.41) is 6.67. The molecule has 1 atom stereocenters. The fraction of sp³-hybridized carbons (Fsp3) is 0.160. The molecule has 0 saturated heterocycles. The van der Waals surface area contributed by atoms with Crippen LogP contribution in [0.1, 0.15) is 30.5 Å². The Hall–Kier alpha value is -3.65. The van der Waals surface area contributed by atoms with Gasteiger partial charge in [0.2, 0.25) is 0 Å². The molecule has 0 fully saturated rings. The number of allylic oxidation sites excluding steroid dienone is 1. The van der Waals surface area contributed by atoms with Gasteiger partial charge in [0, 0.05) is 17.8 Å². The van der Waals surface area contributed by atoms with Gasteiger partial charge in [0.15, 0.2) is 0 Å². The summed E-state index contributed by atoms with van der Waals surface area (Å²) in [7, 11) is -2.18. The minimum atomic E-state index is -3.81. The van der Waals surface area contributed by atoms with Crippen LogP contribution in [0.5, 0.6) is 5.75 Å². The molecule has 1 unspecified atom stereocenters. The van der Waals surface area contributed by atoms with E-state index >= 15 is 0 Å². The van der Waals surface area contributed by atoms with E-state index in [0.29, 0.717) is 12.1 Å². The Morgan fingerprint density at radius 1 is 1.06 bits per heavy atom. The van der Waals surface area contributed by atoms with E-state index in [2.05, 4.69) is 11.3 Å². The van der Waals surface area contributed by atoms with Crippen LogP contribution in [0.15, 0.2) is 95.1 Å². The van der Waals surface area contributed by atoms with Gasteiger partial charge in [-0.25, -0.2) is 12.8 Å². The molecule has 3 aromatic carbocycles. The smallest absolute Gasteiger partial charge is 0.261 e. The molecule has 6 nitrogen and oxygen atoms in total. The van der Waals surface area contributed by atoms with Gasteiger partial charge in [-0.3, -0.25) is 9.73 Å². The molecule has 170 valence electrons. The van der Waals surface area contributed by atoms with Gasteiger partial charge in [0.25, 0.3) is 10.0 Å². The fourth-order valence-electron chi connectivity index (χ4n) is 3.68. The van der Waals surface area contributed by atoms with Crippen LogP contribution >= 0.6 is 0 Å². The van der Waals surface area contributed by atoms with Gasteiger partial charge < -0.3 is 4.74 Å². The summed E-state index contributed by atoms with van der Waals surface area (Å²) < 4.78 is 45.9. The molecule has 0 aliphatic carbocycles. The number of hydrogen-bond donors (Lipinski definition) is 1. The molecule has 0 amide bonds. The third kappa shape index (κ3) is 4.90. The van der Waals surface area contributed by atoms with Crippen molar-refractivity contribution in [2.24, 2.45) is 5.10 Å². The van der Waals surface area contributed by atoms with E-state index in [-0.39, 0.29) is 10.9 Å². The van der Waals surface area contributed by atoms with Gasteiger partial charge in [0.05, 0.1) is 23.8 Å². The second-order valence-electron chi connectivity index (χ2n) is 7.76. The first-order chi connectivity index (χ1) is 15.8. The summed E-state index contributed by atoms with van der Waals surface area (Å²) in [5.41, 5.74) is 4.11. The summed E-state index contributed by atoms with van der Waals surface area (Å²) in [6.07, 6.45) is 0.680. The van der Waals surface area contributed by atoms with Gasteiger partial charge >= 0.3 is 0 Å². The van der Waals surface area contributed by atoms with Gasteiger partial charge in [-0.2, -0.15) is 5.10 Å². The summed E-state index contributed by atoms with van der Waals surface area (Å²) in [6, 6.07) is 19.6. The van der Waals surface area contributed by atoms with Crippen LogP contribution in [0.4, 0.5) is 10.1 Å². The number of hydrazone groups is 1. The lowest BCUT2D eigenvalue weighted by atomic mass is 9.98. The number of ether oxygens (including phenoxy) is 1. The Balaban J connectivity index is 1.52. The molecule has 0 radical (unpaired) electrons. The van der Waals surface area contributed by atoms with Crippen molar-refractivity contribution in [3.05, 3.63) is 102 Å². The first kappa shape index (κ1) is 22.5. The van der Waals surface area contributed by atoms with Crippen molar-refractivity contribution in [1.29, 1.82) is 0 Å². The number of nitrogens with zero attached hydrogens (tertiary/aromatic N) is 2. The second kappa shape index (κ2) is 9.07. The molecular weight excluding hydrogens is 441 g/mol. The minimum absolute atomic E-state index is 0.00687. The topological polar surface area (TPSA) is 71.0 Å². The monoisotopic (exact) mass is 465 g/mol. The number of methoxy groups -OCH3 is 1. The molecule has 8 heteroatoms. The van der Waals surface area contributed by atoms with E-state index in [1.807, 2.05) is 48.3 Å². The first-order valence-corrected chi connectivity index (χ1v) is 11.8. The van der Waals surface area contributed by atoms with Crippen LogP contribution in [-0.2, 0) is 10.0 Å². The number of halogens is 1. The zero-order valence-electron chi connectivity index (χ0n) is 18.3. The predicted molar refractivity (Wildman–Crippen MR) is 127 cm³/mol. The number of nitrogens with one attached hydrogen (secondary N) is 1. The summed E-state index contributed by atoms with van der Waals surface area (Å²) in [5.74, 6) is 0.297. The average Bonchev–Trinajstić information content (AvgIpc) is 3.25. The molecule has 1 aliphatic heterocycles. The Morgan fingerprint density at radius 3 is 2.27 bits per heavy atom. The molecular formula is C25H24FN3O3S. The molecule has 3 aromatic rings. The number of hydrogen-bond acceptors (Lipinski definition) is 5. The van der Waals surface area contributed by atoms with Crippen molar-refractivity contribution < 1.29 is 17.5 Å². The summed E-state index contributed by atoms with van der Waals surface area (Å²) >= 11 is 0. The molecule has 1 aliphatic rings. The number of anilines is 1. The van der Waals surface area contributed by atoms with Crippen LogP contribution in [0.25, 0.3) is 0 Å². The molecule has 4 rings (SSSR count). The van der Waals surface area contributed by atoms with Crippen LogP contribution < -0.4 is 9.46 Å². The number of benzene rings is 3. The molecule has 1 N–H and O–H groups in total. The molecule has 1 heterocycles. The lowest BCUT2D eigenvalue weighted by Gasteiger charge is -2.23.